The fraction of sp³-hybridized carbons (Fsp3) is 0.160. The number of ether oxygens (including phenoxy) is 1. The molecular formula is C25H24N2O2. The molecule has 2 N–H and O–H groups in total. The van der Waals surface area contributed by atoms with Gasteiger partial charge in [-0.1, -0.05) is 60.7 Å². The molecule has 0 radical (unpaired) electrons. The van der Waals surface area contributed by atoms with Gasteiger partial charge in [-0.25, -0.2) is 0 Å². The zero-order valence-electron chi connectivity index (χ0n) is 16.4. The van der Waals surface area contributed by atoms with E-state index in [9.17, 15) is 4.79 Å². The molecule has 1 atom stereocenters. The lowest BCUT2D eigenvalue weighted by atomic mass is 9.91. The summed E-state index contributed by atoms with van der Waals surface area (Å²) in [5.74, 6) is 0.876. The number of hydrogen-bond donors (Lipinski definition) is 2. The highest BCUT2D eigenvalue weighted by Gasteiger charge is 2.19. The molecule has 0 aliphatic heterocycles. The SMILES string of the molecule is COc1ccc(CC(=O)NCC(c2ccccc2)c2c[nH]c3ccccc23)cc1. The van der Waals surface area contributed by atoms with Crippen molar-refractivity contribution in [2.45, 2.75) is 12.3 Å². The van der Waals surface area contributed by atoms with E-state index in [4.69, 9.17) is 4.74 Å². The Bertz CT molecular complexity index is 1080. The van der Waals surface area contributed by atoms with Crippen LogP contribution in [0.5, 0.6) is 5.75 Å². The molecule has 0 spiro atoms. The third kappa shape index (κ3) is 4.32. The minimum atomic E-state index is 0.0101. The predicted molar refractivity (Wildman–Crippen MR) is 116 cm³/mol. The highest BCUT2D eigenvalue weighted by Crippen LogP contribution is 2.30. The first-order valence-electron chi connectivity index (χ1n) is 9.75. The number of methoxy groups -OCH3 is 1. The maximum absolute atomic E-state index is 12.6. The van der Waals surface area contributed by atoms with E-state index in [1.54, 1.807) is 7.11 Å². The number of carbonyl (C=O) groups is 1. The summed E-state index contributed by atoms with van der Waals surface area (Å²) in [4.78, 5) is 15.9. The highest BCUT2D eigenvalue weighted by molar-refractivity contribution is 5.84. The van der Waals surface area contributed by atoms with Crippen LogP contribution in [0.2, 0.25) is 0 Å². The Morgan fingerprint density at radius 3 is 2.45 bits per heavy atom. The second-order valence-electron chi connectivity index (χ2n) is 7.08. The van der Waals surface area contributed by atoms with Gasteiger partial charge in [0.2, 0.25) is 5.91 Å². The van der Waals surface area contributed by atoms with Crippen molar-refractivity contribution >= 4 is 16.8 Å². The molecule has 1 aromatic heterocycles. The molecule has 4 aromatic rings. The molecular weight excluding hydrogens is 360 g/mol. The fourth-order valence-electron chi connectivity index (χ4n) is 3.68. The van der Waals surface area contributed by atoms with Gasteiger partial charge in [-0.15, -0.1) is 0 Å². The van der Waals surface area contributed by atoms with Gasteiger partial charge in [-0.2, -0.15) is 0 Å². The minimum Gasteiger partial charge on any atom is -0.497 e. The molecule has 1 unspecified atom stereocenters. The van der Waals surface area contributed by atoms with Crippen LogP contribution in [0.15, 0.2) is 85.1 Å². The number of fused-ring (bicyclic) bond motifs is 1. The largest absolute Gasteiger partial charge is 0.497 e. The maximum Gasteiger partial charge on any atom is 0.224 e. The van der Waals surface area contributed by atoms with Crippen LogP contribution in [0.25, 0.3) is 10.9 Å². The number of benzene rings is 3. The number of para-hydroxylation sites is 1. The highest BCUT2D eigenvalue weighted by atomic mass is 16.5. The number of H-pyrrole nitrogens is 1. The van der Waals surface area contributed by atoms with E-state index in [2.05, 4.69) is 40.8 Å². The van der Waals surface area contributed by atoms with Gasteiger partial charge in [0, 0.05) is 29.6 Å². The van der Waals surface area contributed by atoms with Gasteiger partial charge in [0.25, 0.3) is 0 Å². The van der Waals surface area contributed by atoms with E-state index in [0.717, 1.165) is 16.8 Å². The Hall–Kier alpha value is -3.53. The Morgan fingerprint density at radius 2 is 1.69 bits per heavy atom. The third-order valence-corrected chi connectivity index (χ3v) is 5.23. The Balaban J connectivity index is 1.52. The van der Waals surface area contributed by atoms with Crippen LogP contribution in [-0.4, -0.2) is 24.5 Å². The van der Waals surface area contributed by atoms with Gasteiger partial charge in [-0.05, 0) is 34.9 Å². The van der Waals surface area contributed by atoms with E-state index in [0.29, 0.717) is 13.0 Å². The second-order valence-corrected chi connectivity index (χ2v) is 7.08. The van der Waals surface area contributed by atoms with E-state index < -0.39 is 0 Å². The number of carbonyl (C=O) groups excluding carboxylic acids is 1. The van der Waals surface area contributed by atoms with Gasteiger partial charge < -0.3 is 15.0 Å². The topological polar surface area (TPSA) is 54.1 Å². The zero-order valence-corrected chi connectivity index (χ0v) is 16.4. The summed E-state index contributed by atoms with van der Waals surface area (Å²) in [6, 6.07) is 26.2. The molecule has 0 bridgehead atoms. The van der Waals surface area contributed by atoms with Gasteiger partial charge in [0.15, 0.2) is 0 Å². The predicted octanol–water partition coefficient (Wildman–Crippen LogP) is 4.67. The van der Waals surface area contributed by atoms with Crippen LogP contribution in [0, 0.1) is 0 Å². The molecule has 0 aliphatic rings. The quantitative estimate of drug-likeness (QED) is 0.487. The van der Waals surface area contributed by atoms with Crippen molar-refractivity contribution in [1.29, 1.82) is 0 Å². The summed E-state index contributed by atoms with van der Waals surface area (Å²) in [6.07, 6.45) is 2.40. The van der Waals surface area contributed by atoms with Crippen LogP contribution in [-0.2, 0) is 11.2 Å². The molecule has 4 rings (SSSR count). The number of aromatic nitrogens is 1. The maximum atomic E-state index is 12.6. The standard InChI is InChI=1S/C25H24N2O2/c1-29-20-13-11-18(12-14-20)15-25(28)27-16-22(19-7-3-2-4-8-19)23-17-26-24-10-6-5-9-21(23)24/h2-14,17,22,26H,15-16H2,1H3,(H,27,28). The molecule has 4 heteroatoms. The van der Waals surface area contributed by atoms with Crippen LogP contribution in [0.4, 0.5) is 0 Å². The number of nitrogens with one attached hydrogen (secondary N) is 2. The van der Waals surface area contributed by atoms with E-state index >= 15 is 0 Å². The Kier molecular flexibility index (Phi) is 5.61. The Labute approximate surface area is 170 Å². The smallest absolute Gasteiger partial charge is 0.224 e. The second kappa shape index (κ2) is 8.65. The molecule has 0 saturated carbocycles. The lowest BCUT2D eigenvalue weighted by Crippen LogP contribution is -2.30. The molecule has 146 valence electrons. The van der Waals surface area contributed by atoms with Crippen molar-refractivity contribution in [2.24, 2.45) is 0 Å². The van der Waals surface area contributed by atoms with Crippen molar-refractivity contribution < 1.29 is 9.53 Å². The Morgan fingerprint density at radius 1 is 0.966 bits per heavy atom. The first-order chi connectivity index (χ1) is 14.2. The van der Waals surface area contributed by atoms with Crippen molar-refractivity contribution in [3.63, 3.8) is 0 Å². The summed E-state index contributed by atoms with van der Waals surface area (Å²) >= 11 is 0. The summed E-state index contributed by atoms with van der Waals surface area (Å²) in [7, 11) is 1.64. The average Bonchev–Trinajstić information content (AvgIpc) is 3.19. The third-order valence-electron chi connectivity index (χ3n) is 5.23. The van der Waals surface area contributed by atoms with Crippen molar-refractivity contribution in [3.8, 4) is 5.75 Å². The van der Waals surface area contributed by atoms with Crippen LogP contribution in [0.3, 0.4) is 0 Å². The molecule has 1 amide bonds. The normalized spacial score (nSPS) is 11.9. The fourth-order valence-corrected chi connectivity index (χ4v) is 3.68. The molecule has 3 aromatic carbocycles. The molecule has 0 aliphatic carbocycles. The van der Waals surface area contributed by atoms with Gasteiger partial charge >= 0.3 is 0 Å². The average molecular weight is 384 g/mol. The summed E-state index contributed by atoms with van der Waals surface area (Å²) < 4.78 is 5.18. The van der Waals surface area contributed by atoms with E-state index in [1.165, 1.54) is 16.5 Å². The number of hydrogen-bond acceptors (Lipinski definition) is 2. The summed E-state index contributed by atoms with van der Waals surface area (Å²) in [5, 5.41) is 4.31. The number of amides is 1. The van der Waals surface area contributed by atoms with Crippen molar-refractivity contribution in [3.05, 3.63) is 102 Å². The minimum absolute atomic E-state index is 0.0101. The van der Waals surface area contributed by atoms with Gasteiger partial charge in [-0.3, -0.25) is 4.79 Å². The molecule has 0 saturated heterocycles. The van der Waals surface area contributed by atoms with Crippen molar-refractivity contribution in [2.75, 3.05) is 13.7 Å². The zero-order chi connectivity index (χ0) is 20.1. The van der Waals surface area contributed by atoms with E-state index in [1.807, 2.05) is 54.6 Å². The lowest BCUT2D eigenvalue weighted by Gasteiger charge is -2.18. The summed E-state index contributed by atoms with van der Waals surface area (Å²) in [5.41, 5.74) is 4.44. The van der Waals surface area contributed by atoms with Gasteiger partial charge in [0.05, 0.1) is 13.5 Å². The van der Waals surface area contributed by atoms with E-state index in [-0.39, 0.29) is 11.8 Å². The number of aromatic amines is 1. The van der Waals surface area contributed by atoms with Crippen molar-refractivity contribution in [1.82, 2.24) is 10.3 Å². The lowest BCUT2D eigenvalue weighted by molar-refractivity contribution is -0.120. The van der Waals surface area contributed by atoms with Crippen LogP contribution < -0.4 is 10.1 Å². The molecule has 0 fully saturated rings. The molecule has 4 nitrogen and oxygen atoms in total. The first kappa shape index (κ1) is 18.8. The molecule has 29 heavy (non-hydrogen) atoms. The monoisotopic (exact) mass is 384 g/mol. The summed E-state index contributed by atoms with van der Waals surface area (Å²) in [6.45, 7) is 0.543. The molecule has 1 heterocycles. The van der Waals surface area contributed by atoms with Crippen LogP contribution >= 0.6 is 0 Å². The van der Waals surface area contributed by atoms with Crippen LogP contribution in [0.1, 0.15) is 22.6 Å². The first-order valence-corrected chi connectivity index (χ1v) is 9.75. The van der Waals surface area contributed by atoms with Gasteiger partial charge in [0.1, 0.15) is 5.75 Å². The number of rotatable bonds is 7.